The highest BCUT2D eigenvalue weighted by atomic mass is 32.1. The van der Waals surface area contributed by atoms with Crippen LogP contribution in [0, 0.1) is 11.3 Å². The molecule has 1 saturated carbocycles. The van der Waals surface area contributed by atoms with Crippen LogP contribution in [0.3, 0.4) is 0 Å². The number of carboxylic acids is 1. The zero-order valence-electron chi connectivity index (χ0n) is 10.2. The minimum absolute atomic E-state index is 0.321. The number of rotatable bonds is 4. The molecule has 18 heavy (non-hydrogen) atoms. The van der Waals surface area contributed by atoms with E-state index in [-0.39, 0.29) is 0 Å². The van der Waals surface area contributed by atoms with Crippen LogP contribution in [0.25, 0.3) is 10.2 Å². The number of hydrogen-bond acceptors (Lipinski definition) is 3. The van der Waals surface area contributed by atoms with Crippen molar-refractivity contribution in [3.05, 3.63) is 29.3 Å². The van der Waals surface area contributed by atoms with Crippen molar-refractivity contribution < 1.29 is 9.90 Å². The first-order valence-electron chi connectivity index (χ1n) is 6.17. The van der Waals surface area contributed by atoms with Crippen LogP contribution >= 0.6 is 11.3 Å². The molecule has 1 unspecified atom stereocenters. The third-order valence-corrected chi connectivity index (χ3v) is 4.86. The topological polar surface area (TPSA) is 50.2 Å². The number of aromatic nitrogens is 1. The van der Waals surface area contributed by atoms with E-state index in [9.17, 15) is 9.90 Å². The molecule has 1 N–H and O–H groups in total. The molecular formula is C14H15NO2S. The predicted octanol–water partition coefficient (Wildman–Crippen LogP) is 3.34. The molecule has 1 heterocycles. The van der Waals surface area contributed by atoms with E-state index in [1.165, 1.54) is 0 Å². The number of carboxylic acid groups (broad SMARTS) is 1. The van der Waals surface area contributed by atoms with Crippen molar-refractivity contribution in [2.45, 2.75) is 26.2 Å². The van der Waals surface area contributed by atoms with Crippen LogP contribution in [0.15, 0.2) is 24.3 Å². The van der Waals surface area contributed by atoms with Crippen LogP contribution in [-0.4, -0.2) is 16.1 Å². The van der Waals surface area contributed by atoms with Crippen molar-refractivity contribution in [2.24, 2.45) is 11.3 Å². The van der Waals surface area contributed by atoms with Gasteiger partial charge in [0.05, 0.1) is 20.6 Å². The average molecular weight is 261 g/mol. The second-order valence-electron chi connectivity index (χ2n) is 5.25. The Bertz CT molecular complexity index is 570. The van der Waals surface area contributed by atoms with Gasteiger partial charge in [-0.25, -0.2) is 4.98 Å². The van der Waals surface area contributed by atoms with Gasteiger partial charge in [0.25, 0.3) is 0 Å². The summed E-state index contributed by atoms with van der Waals surface area (Å²) in [5.41, 5.74) is 0.328. The number of nitrogens with zero attached hydrogens (tertiary/aromatic N) is 1. The lowest BCUT2D eigenvalue weighted by Gasteiger charge is -2.23. The zero-order chi connectivity index (χ0) is 12.8. The maximum absolute atomic E-state index is 11.5. The zero-order valence-corrected chi connectivity index (χ0v) is 11.0. The lowest BCUT2D eigenvalue weighted by Crippen LogP contribution is -2.32. The molecule has 0 amide bonds. The Morgan fingerprint density at radius 2 is 2.22 bits per heavy atom. The molecule has 4 heteroatoms. The third-order valence-electron chi connectivity index (χ3n) is 3.82. The standard InChI is InChI=1S/C14H15NO2S/c1-14(13(16)17,9-6-7-9)8-12-15-10-4-2-3-5-11(10)18-12/h2-5,9H,6-8H2,1H3,(H,16,17). The van der Waals surface area contributed by atoms with E-state index >= 15 is 0 Å². The van der Waals surface area contributed by atoms with Crippen LogP contribution in [0.5, 0.6) is 0 Å². The summed E-state index contributed by atoms with van der Waals surface area (Å²) in [5, 5.41) is 10.4. The Hall–Kier alpha value is -1.42. The van der Waals surface area contributed by atoms with Crippen molar-refractivity contribution in [3.8, 4) is 0 Å². The summed E-state index contributed by atoms with van der Waals surface area (Å²) in [5.74, 6) is -0.369. The van der Waals surface area contributed by atoms with Crippen LogP contribution in [-0.2, 0) is 11.2 Å². The largest absolute Gasteiger partial charge is 0.481 e. The number of fused-ring (bicyclic) bond motifs is 1. The lowest BCUT2D eigenvalue weighted by atomic mass is 9.82. The first-order valence-corrected chi connectivity index (χ1v) is 6.99. The average Bonchev–Trinajstić information content (AvgIpc) is 3.10. The first-order chi connectivity index (χ1) is 8.59. The molecule has 1 atom stereocenters. The molecule has 1 aromatic carbocycles. The molecule has 0 spiro atoms. The van der Waals surface area contributed by atoms with E-state index in [2.05, 4.69) is 4.98 Å². The van der Waals surface area contributed by atoms with Crippen LogP contribution in [0.2, 0.25) is 0 Å². The normalized spacial score (nSPS) is 18.7. The van der Waals surface area contributed by atoms with E-state index in [0.29, 0.717) is 12.3 Å². The van der Waals surface area contributed by atoms with Crippen molar-refractivity contribution >= 4 is 27.5 Å². The fraction of sp³-hybridized carbons (Fsp3) is 0.429. The molecule has 1 fully saturated rings. The molecule has 3 nitrogen and oxygen atoms in total. The summed E-state index contributed by atoms with van der Waals surface area (Å²) in [6.45, 7) is 1.86. The van der Waals surface area contributed by atoms with Gasteiger partial charge in [0.1, 0.15) is 0 Å². The number of carbonyl (C=O) groups is 1. The third kappa shape index (κ3) is 1.90. The van der Waals surface area contributed by atoms with E-state index < -0.39 is 11.4 Å². The van der Waals surface area contributed by atoms with Crippen molar-refractivity contribution in [1.82, 2.24) is 4.98 Å². The summed E-state index contributed by atoms with van der Waals surface area (Å²) in [7, 11) is 0. The van der Waals surface area contributed by atoms with E-state index in [1.54, 1.807) is 11.3 Å². The van der Waals surface area contributed by atoms with E-state index in [0.717, 1.165) is 28.1 Å². The van der Waals surface area contributed by atoms with E-state index in [4.69, 9.17) is 0 Å². The highest BCUT2D eigenvalue weighted by Crippen LogP contribution is 2.48. The monoisotopic (exact) mass is 261 g/mol. The number of benzene rings is 1. The van der Waals surface area contributed by atoms with E-state index in [1.807, 2.05) is 31.2 Å². The molecular weight excluding hydrogens is 246 g/mol. The lowest BCUT2D eigenvalue weighted by molar-refractivity contribution is -0.149. The van der Waals surface area contributed by atoms with Gasteiger partial charge in [0, 0.05) is 6.42 Å². The van der Waals surface area contributed by atoms with Crippen LogP contribution < -0.4 is 0 Å². The molecule has 0 aliphatic heterocycles. The smallest absolute Gasteiger partial charge is 0.310 e. The Balaban J connectivity index is 1.92. The highest BCUT2D eigenvalue weighted by molar-refractivity contribution is 7.18. The number of para-hydroxylation sites is 1. The molecule has 3 rings (SSSR count). The van der Waals surface area contributed by atoms with Crippen molar-refractivity contribution in [3.63, 3.8) is 0 Å². The molecule has 1 aromatic heterocycles. The Morgan fingerprint density at radius 1 is 1.50 bits per heavy atom. The van der Waals surface area contributed by atoms with Gasteiger partial charge in [-0.15, -0.1) is 11.3 Å². The molecule has 1 aliphatic carbocycles. The summed E-state index contributed by atoms with van der Waals surface area (Å²) >= 11 is 1.61. The number of aliphatic carboxylic acids is 1. The molecule has 0 radical (unpaired) electrons. The summed E-state index contributed by atoms with van der Waals surface area (Å²) in [4.78, 5) is 16.0. The van der Waals surface area contributed by atoms with Crippen molar-refractivity contribution in [1.29, 1.82) is 0 Å². The van der Waals surface area contributed by atoms with Gasteiger partial charge in [0.15, 0.2) is 0 Å². The van der Waals surface area contributed by atoms with Gasteiger partial charge in [-0.05, 0) is 37.8 Å². The SMILES string of the molecule is CC(Cc1nc2ccccc2s1)(C(=O)O)C1CC1. The highest BCUT2D eigenvalue weighted by Gasteiger charge is 2.47. The molecule has 2 aromatic rings. The summed E-state index contributed by atoms with van der Waals surface area (Å²) in [6, 6.07) is 7.96. The van der Waals surface area contributed by atoms with Gasteiger partial charge in [0.2, 0.25) is 0 Å². The second-order valence-corrected chi connectivity index (χ2v) is 6.36. The Morgan fingerprint density at radius 3 is 2.83 bits per heavy atom. The van der Waals surface area contributed by atoms with Crippen LogP contribution in [0.4, 0.5) is 0 Å². The predicted molar refractivity (Wildman–Crippen MR) is 71.8 cm³/mol. The van der Waals surface area contributed by atoms with Gasteiger partial charge >= 0.3 is 5.97 Å². The maximum atomic E-state index is 11.5. The minimum atomic E-state index is -0.691. The maximum Gasteiger partial charge on any atom is 0.310 e. The second kappa shape index (κ2) is 4.05. The Labute approximate surface area is 109 Å². The fourth-order valence-corrected chi connectivity index (χ4v) is 3.56. The summed E-state index contributed by atoms with van der Waals surface area (Å²) in [6.07, 6.45) is 2.62. The Kier molecular flexibility index (Phi) is 2.63. The van der Waals surface area contributed by atoms with Gasteiger partial charge in [-0.3, -0.25) is 4.79 Å². The molecule has 0 saturated heterocycles. The van der Waals surface area contributed by atoms with Crippen molar-refractivity contribution in [2.75, 3.05) is 0 Å². The van der Waals surface area contributed by atoms with Gasteiger partial charge in [-0.2, -0.15) is 0 Å². The first kappa shape index (κ1) is 11.7. The summed E-state index contributed by atoms with van der Waals surface area (Å²) < 4.78 is 1.14. The number of thiazole rings is 1. The van der Waals surface area contributed by atoms with Gasteiger partial charge in [-0.1, -0.05) is 12.1 Å². The molecule has 0 bridgehead atoms. The fourth-order valence-electron chi connectivity index (χ4n) is 2.42. The molecule has 1 aliphatic rings. The quantitative estimate of drug-likeness (QED) is 0.918. The van der Waals surface area contributed by atoms with Gasteiger partial charge < -0.3 is 5.11 Å². The van der Waals surface area contributed by atoms with Crippen LogP contribution in [0.1, 0.15) is 24.8 Å². The molecule has 94 valence electrons. The minimum Gasteiger partial charge on any atom is -0.481 e. The number of hydrogen-bond donors (Lipinski definition) is 1.